The number of carbonyl (C=O) groups is 2. The molecule has 374 valence electrons. The third kappa shape index (κ3) is 35.9. The van der Waals surface area contributed by atoms with Crippen molar-refractivity contribution in [2.75, 3.05) is 19.0 Å². The maximum absolute atomic E-state index is 12.9. The van der Waals surface area contributed by atoms with Crippen molar-refractivity contribution < 1.29 is 56.8 Å². The fraction of sp³-hybridized carbons (Fsp3) is 0.731. The smallest absolute Gasteiger partial charge is 0.306 e. The Hall–Kier alpha value is -2.91. The van der Waals surface area contributed by atoms with E-state index in [0.29, 0.717) is 12.8 Å². The van der Waals surface area contributed by atoms with E-state index in [4.69, 9.17) is 18.9 Å². The van der Waals surface area contributed by atoms with Crippen LogP contribution in [-0.2, 0) is 38.7 Å². The molecule has 6 unspecified atom stereocenters. The van der Waals surface area contributed by atoms with Crippen molar-refractivity contribution >= 4 is 22.1 Å². The lowest BCUT2D eigenvalue weighted by molar-refractivity contribution is -0.297. The van der Waals surface area contributed by atoms with Crippen LogP contribution in [0.3, 0.4) is 0 Å². The average molecular weight is 937 g/mol. The van der Waals surface area contributed by atoms with E-state index in [0.717, 1.165) is 77.0 Å². The molecule has 1 saturated heterocycles. The summed E-state index contributed by atoms with van der Waals surface area (Å²) in [5.41, 5.74) is 0. The Morgan fingerprint density at radius 1 is 0.538 bits per heavy atom. The zero-order chi connectivity index (χ0) is 47.6. The summed E-state index contributed by atoms with van der Waals surface area (Å²) in [5.74, 6) is -2.04. The number of hydrogen-bond acceptors (Lipinski definition) is 11. The van der Waals surface area contributed by atoms with Crippen molar-refractivity contribution in [1.82, 2.24) is 0 Å². The molecule has 1 rings (SSSR count). The monoisotopic (exact) mass is 937 g/mol. The molecule has 1 fully saturated rings. The summed E-state index contributed by atoms with van der Waals surface area (Å²) in [6, 6.07) is 0. The number of allylic oxidation sites excluding steroid dienone is 12. The van der Waals surface area contributed by atoms with Gasteiger partial charge in [-0.05, 0) is 83.5 Å². The lowest BCUT2D eigenvalue weighted by atomic mass is 10.00. The lowest BCUT2D eigenvalue weighted by Gasteiger charge is -2.40. The Balaban J connectivity index is 2.43. The van der Waals surface area contributed by atoms with Crippen LogP contribution in [0, 0.1) is 0 Å². The van der Waals surface area contributed by atoms with Crippen molar-refractivity contribution in [3.05, 3.63) is 72.9 Å². The number of esters is 2. The summed E-state index contributed by atoms with van der Waals surface area (Å²) in [6.45, 7) is 3.62. The molecule has 4 N–H and O–H groups in total. The molecular weight excluding hydrogens is 849 g/mol. The summed E-state index contributed by atoms with van der Waals surface area (Å²) in [5, 5.41) is 31.0. The minimum Gasteiger partial charge on any atom is -0.462 e. The van der Waals surface area contributed by atoms with Gasteiger partial charge < -0.3 is 34.3 Å². The van der Waals surface area contributed by atoms with Crippen LogP contribution in [0.25, 0.3) is 0 Å². The van der Waals surface area contributed by atoms with Gasteiger partial charge in [0.2, 0.25) is 0 Å². The van der Waals surface area contributed by atoms with Gasteiger partial charge >= 0.3 is 11.9 Å². The largest absolute Gasteiger partial charge is 0.462 e. The normalized spacial score (nSPS) is 20.1. The van der Waals surface area contributed by atoms with Crippen LogP contribution in [0.2, 0.25) is 0 Å². The second kappa shape index (κ2) is 41.3. The first-order chi connectivity index (χ1) is 31.5. The number of hydrogen-bond donors (Lipinski definition) is 4. The Morgan fingerprint density at radius 2 is 0.969 bits per heavy atom. The van der Waals surface area contributed by atoms with Gasteiger partial charge in [-0.15, -0.1) is 0 Å². The summed E-state index contributed by atoms with van der Waals surface area (Å²) < 4.78 is 54.2. The minimum atomic E-state index is -4.61. The Kier molecular flexibility index (Phi) is 38.2. The van der Waals surface area contributed by atoms with Gasteiger partial charge in [-0.3, -0.25) is 14.1 Å². The van der Waals surface area contributed by atoms with Crippen LogP contribution in [0.1, 0.15) is 187 Å². The first-order valence-electron chi connectivity index (χ1n) is 25.0. The molecule has 0 saturated carbocycles. The van der Waals surface area contributed by atoms with E-state index in [2.05, 4.69) is 86.8 Å². The third-order valence-corrected chi connectivity index (χ3v) is 11.8. The molecule has 1 aliphatic heterocycles. The summed E-state index contributed by atoms with van der Waals surface area (Å²) in [4.78, 5) is 25.5. The fourth-order valence-corrected chi connectivity index (χ4v) is 7.86. The molecule has 0 aromatic carbocycles. The number of carbonyl (C=O) groups excluding carboxylic acids is 2. The van der Waals surface area contributed by atoms with E-state index in [1.165, 1.54) is 70.6 Å². The van der Waals surface area contributed by atoms with Gasteiger partial charge in [0.1, 0.15) is 36.8 Å². The second-order valence-corrected chi connectivity index (χ2v) is 18.6. The highest BCUT2D eigenvalue weighted by atomic mass is 32.2. The number of unbranched alkanes of at least 4 members (excludes halogenated alkanes) is 17. The van der Waals surface area contributed by atoms with Crippen LogP contribution in [-0.4, -0.2) is 96.0 Å². The van der Waals surface area contributed by atoms with Crippen molar-refractivity contribution in [3.63, 3.8) is 0 Å². The number of ether oxygens (including phenoxy) is 4. The van der Waals surface area contributed by atoms with Gasteiger partial charge in [0, 0.05) is 12.8 Å². The fourth-order valence-electron chi connectivity index (χ4n) is 7.17. The summed E-state index contributed by atoms with van der Waals surface area (Å²) in [6.07, 6.45) is 43.7. The van der Waals surface area contributed by atoms with Crippen LogP contribution in [0.5, 0.6) is 0 Å². The topological polar surface area (TPSA) is 186 Å². The molecule has 0 aromatic heterocycles. The molecule has 0 amide bonds. The molecule has 65 heavy (non-hydrogen) atoms. The van der Waals surface area contributed by atoms with Crippen LogP contribution >= 0.6 is 0 Å². The maximum atomic E-state index is 12.9. The number of aliphatic hydroxyl groups excluding tert-OH is 3. The van der Waals surface area contributed by atoms with E-state index in [9.17, 15) is 37.9 Å². The predicted molar refractivity (Wildman–Crippen MR) is 261 cm³/mol. The Morgan fingerprint density at radius 3 is 1.48 bits per heavy atom. The van der Waals surface area contributed by atoms with Gasteiger partial charge in [0.25, 0.3) is 10.1 Å². The molecule has 6 atom stereocenters. The first-order valence-corrected chi connectivity index (χ1v) is 26.6. The molecule has 1 heterocycles. The summed E-state index contributed by atoms with van der Waals surface area (Å²) >= 11 is 0. The zero-order valence-electron chi connectivity index (χ0n) is 40.1. The molecule has 12 nitrogen and oxygen atoms in total. The first kappa shape index (κ1) is 60.1. The molecule has 0 radical (unpaired) electrons. The van der Waals surface area contributed by atoms with Crippen LogP contribution in [0.4, 0.5) is 0 Å². The quantitative estimate of drug-likeness (QED) is 0.0197. The minimum absolute atomic E-state index is 0.121. The van der Waals surface area contributed by atoms with E-state index in [-0.39, 0.29) is 19.4 Å². The van der Waals surface area contributed by atoms with Crippen molar-refractivity contribution in [2.24, 2.45) is 0 Å². The van der Waals surface area contributed by atoms with E-state index < -0.39 is 71.2 Å². The molecular formula is C52H88O12S. The van der Waals surface area contributed by atoms with Gasteiger partial charge in [-0.2, -0.15) is 8.42 Å². The van der Waals surface area contributed by atoms with Gasteiger partial charge in [-0.1, -0.05) is 164 Å². The Labute approximate surface area is 393 Å². The molecule has 1 aliphatic rings. The van der Waals surface area contributed by atoms with Crippen LogP contribution < -0.4 is 0 Å². The highest BCUT2D eigenvalue weighted by molar-refractivity contribution is 7.85. The van der Waals surface area contributed by atoms with E-state index >= 15 is 0 Å². The van der Waals surface area contributed by atoms with Crippen molar-refractivity contribution in [3.8, 4) is 0 Å². The van der Waals surface area contributed by atoms with E-state index in [1.54, 1.807) is 0 Å². The lowest BCUT2D eigenvalue weighted by Crippen LogP contribution is -2.60. The molecule has 0 bridgehead atoms. The number of aliphatic hydroxyl groups is 3. The third-order valence-electron chi connectivity index (χ3n) is 11.0. The predicted octanol–water partition coefficient (Wildman–Crippen LogP) is 11.1. The molecule has 0 aliphatic carbocycles. The van der Waals surface area contributed by atoms with Gasteiger partial charge in [0.15, 0.2) is 12.4 Å². The van der Waals surface area contributed by atoms with Crippen molar-refractivity contribution in [2.45, 2.75) is 224 Å². The summed E-state index contributed by atoms with van der Waals surface area (Å²) in [7, 11) is -4.61. The second-order valence-electron chi connectivity index (χ2n) is 17.1. The SMILES string of the molecule is CC/C=C\C/C=C\C/C=C\C/C=C\C/C=C\CCCCCC(=O)OC(COC(=O)CCCCCCCCC/C=C\CCCCCCCCC)COC1OC(CS(=O)(=O)O)C(O)C(O)C1O. The zero-order valence-corrected chi connectivity index (χ0v) is 40.9. The van der Waals surface area contributed by atoms with Gasteiger partial charge in [0.05, 0.1) is 6.61 Å². The highest BCUT2D eigenvalue weighted by Gasteiger charge is 2.46. The van der Waals surface area contributed by atoms with Gasteiger partial charge in [-0.25, -0.2) is 0 Å². The molecule has 13 heteroatoms. The van der Waals surface area contributed by atoms with Crippen LogP contribution in [0.15, 0.2) is 72.9 Å². The highest BCUT2D eigenvalue weighted by Crippen LogP contribution is 2.24. The Bertz CT molecular complexity index is 1470. The average Bonchev–Trinajstić information content (AvgIpc) is 3.27. The number of rotatable bonds is 41. The molecule has 0 aromatic rings. The maximum Gasteiger partial charge on any atom is 0.306 e. The van der Waals surface area contributed by atoms with Crippen molar-refractivity contribution in [1.29, 1.82) is 0 Å². The molecule has 0 spiro atoms. The van der Waals surface area contributed by atoms with E-state index in [1.807, 2.05) is 0 Å². The standard InChI is InChI=1S/C52H88O12S/c1-3-5-7-9-11-13-15-17-19-21-23-25-27-29-31-33-35-37-39-41-48(54)63-45(43-62-52-51(57)50(56)49(55)46(64-52)44-65(58,59)60)42-61-47(53)40-38-36-34-32-30-28-26-24-22-20-18-16-14-12-10-8-6-4-2/h5,7,11,13,17,19-20,22-23,25,29,31,45-46,49-52,55-57H,3-4,6,8-10,12,14-16,18,21,24,26-28,30,32-44H2,1-2H3,(H,58,59,60)/b7-5-,13-11-,19-17-,22-20-,25-23-,31-29-.